The normalized spacial score (nSPS) is 11.6. The second kappa shape index (κ2) is 4.22. The Bertz CT molecular complexity index is 753. The van der Waals surface area contributed by atoms with E-state index < -0.39 is 0 Å². The molecule has 2 aliphatic rings. The molecule has 0 saturated heterocycles. The molecule has 0 saturated carbocycles. The predicted molar refractivity (Wildman–Crippen MR) is 76.2 cm³/mol. The molecule has 1 nitrogen and oxygen atoms in total. The summed E-state index contributed by atoms with van der Waals surface area (Å²) in [5.41, 5.74) is 0.820. The summed E-state index contributed by atoms with van der Waals surface area (Å²) < 4.78 is 6.43. The number of rotatable bonds is 0. The van der Waals surface area contributed by atoms with Gasteiger partial charge in [-0.1, -0.05) is 43.6 Å². The molecule has 5 heteroatoms. The van der Waals surface area contributed by atoms with Gasteiger partial charge in [0.05, 0.1) is 14.8 Å². The van der Waals surface area contributed by atoms with Gasteiger partial charge in [0.25, 0.3) is 0 Å². The molecule has 1 aliphatic carbocycles. The van der Waals surface area contributed by atoms with Crippen LogP contribution in [0.5, 0.6) is 0 Å². The van der Waals surface area contributed by atoms with Crippen LogP contribution in [0.15, 0.2) is 34.7 Å². The van der Waals surface area contributed by atoms with E-state index in [2.05, 4.69) is 0 Å². The van der Waals surface area contributed by atoms with E-state index in [0.29, 0.717) is 14.6 Å². The van der Waals surface area contributed by atoms with Crippen molar-refractivity contribution >= 4 is 54.3 Å². The standard InChI is InChI=1S/C12H5Cl2OPS/c13-6-1-3-8-10(5-6)16-11-9(15-8)4-2-7(14)12(11)17/h1-5H. The van der Waals surface area contributed by atoms with Crippen LogP contribution in [0.4, 0.5) is 0 Å². The molecule has 1 heterocycles. The Morgan fingerprint density at radius 1 is 1.12 bits per heavy atom. The van der Waals surface area contributed by atoms with E-state index in [1.54, 1.807) is 6.07 Å². The first-order valence-corrected chi connectivity index (χ1v) is 6.89. The number of hydrogen-bond donors (Lipinski definition) is 0. The zero-order valence-corrected chi connectivity index (χ0v) is 11.6. The molecule has 84 valence electrons. The molecule has 3 rings (SSSR count). The van der Waals surface area contributed by atoms with Crippen LogP contribution in [-0.2, 0) is 0 Å². The highest BCUT2D eigenvalue weighted by molar-refractivity contribution is 7.72. The third-order valence-electron chi connectivity index (χ3n) is 2.42. The van der Waals surface area contributed by atoms with Crippen molar-refractivity contribution in [3.63, 3.8) is 0 Å². The summed E-state index contributed by atoms with van der Waals surface area (Å²) in [4.78, 5) is 0. The van der Waals surface area contributed by atoms with Crippen LogP contribution in [-0.4, -0.2) is 0 Å². The molecule has 1 aromatic carbocycles. The Balaban J connectivity index is 2.50. The molecule has 0 spiro atoms. The van der Waals surface area contributed by atoms with Crippen LogP contribution in [0.2, 0.25) is 10.0 Å². The van der Waals surface area contributed by atoms with Crippen LogP contribution in [0.3, 0.4) is 0 Å². The summed E-state index contributed by atoms with van der Waals surface area (Å²) in [6.45, 7) is 0. The molecule has 0 bridgehead atoms. The van der Waals surface area contributed by atoms with Gasteiger partial charge >= 0.3 is 0 Å². The molecule has 1 aliphatic heterocycles. The molecule has 0 N–H and O–H groups in total. The second-order valence-electron chi connectivity index (χ2n) is 3.55. The van der Waals surface area contributed by atoms with E-state index >= 15 is 0 Å². The Morgan fingerprint density at radius 2 is 1.94 bits per heavy atom. The monoisotopic (exact) mass is 298 g/mol. The van der Waals surface area contributed by atoms with E-state index in [-0.39, 0.29) is 0 Å². The Hall–Kier alpha value is -0.660. The molecule has 0 atom stereocenters. The zero-order valence-electron chi connectivity index (χ0n) is 8.41. The lowest BCUT2D eigenvalue weighted by Crippen LogP contribution is -1.80. The predicted octanol–water partition coefficient (Wildman–Crippen LogP) is 6.15. The summed E-state index contributed by atoms with van der Waals surface area (Å²) in [6.07, 6.45) is 0. The van der Waals surface area contributed by atoms with Crippen molar-refractivity contribution in [1.82, 2.24) is 0 Å². The summed E-state index contributed by atoms with van der Waals surface area (Å²) in [5.74, 6) is 0.774. The Morgan fingerprint density at radius 3 is 2.76 bits per heavy atom. The average Bonchev–Trinajstić information content (AvgIpc) is 2.32. The molecule has 0 radical (unpaired) electrons. The van der Waals surface area contributed by atoms with Gasteiger partial charge in [-0.15, -0.1) is 0 Å². The Labute approximate surface area is 114 Å². The van der Waals surface area contributed by atoms with Crippen molar-refractivity contribution < 1.29 is 4.42 Å². The Kier molecular flexibility index (Phi) is 2.84. The summed E-state index contributed by atoms with van der Waals surface area (Å²) in [5, 5.41) is 3.22. The fraction of sp³-hybridized carbons (Fsp3) is 0. The van der Waals surface area contributed by atoms with E-state index in [0.717, 1.165) is 29.9 Å². The lowest BCUT2D eigenvalue weighted by atomic mass is 10.3. The minimum Gasteiger partial charge on any atom is -0.455 e. The van der Waals surface area contributed by atoms with E-state index in [1.807, 2.05) is 24.3 Å². The zero-order chi connectivity index (χ0) is 12.0. The van der Waals surface area contributed by atoms with Crippen molar-refractivity contribution in [3.05, 3.63) is 44.9 Å². The number of hydrogen-bond acceptors (Lipinski definition) is 2. The smallest absolute Gasteiger partial charge is 0.140 e. The van der Waals surface area contributed by atoms with Gasteiger partial charge in [0.15, 0.2) is 0 Å². The molecule has 17 heavy (non-hydrogen) atoms. The topological polar surface area (TPSA) is 13.1 Å². The van der Waals surface area contributed by atoms with Gasteiger partial charge in [-0.3, -0.25) is 0 Å². The molecule has 0 amide bonds. The lowest BCUT2D eigenvalue weighted by molar-refractivity contribution is 0.623. The van der Waals surface area contributed by atoms with Crippen molar-refractivity contribution in [2.24, 2.45) is 0 Å². The highest BCUT2D eigenvalue weighted by Gasteiger charge is 2.11. The van der Waals surface area contributed by atoms with Gasteiger partial charge in [0.2, 0.25) is 0 Å². The molecular weight excluding hydrogens is 294 g/mol. The van der Waals surface area contributed by atoms with Gasteiger partial charge in [-0.25, -0.2) is 0 Å². The minimum absolute atomic E-state index is 0.584. The van der Waals surface area contributed by atoms with E-state index in [4.69, 9.17) is 39.8 Å². The van der Waals surface area contributed by atoms with Gasteiger partial charge in [-0.05, 0) is 30.3 Å². The largest absolute Gasteiger partial charge is 0.455 e. The fourth-order valence-corrected chi connectivity index (χ4v) is 3.52. The fourth-order valence-electron chi connectivity index (χ4n) is 1.62. The van der Waals surface area contributed by atoms with Crippen molar-refractivity contribution in [1.29, 1.82) is 0 Å². The first kappa shape index (κ1) is 11.4. The van der Waals surface area contributed by atoms with Crippen LogP contribution in [0, 0.1) is 4.51 Å². The van der Waals surface area contributed by atoms with Crippen LogP contribution < -0.4 is 0 Å². The van der Waals surface area contributed by atoms with Crippen LogP contribution in [0.25, 0.3) is 21.8 Å². The van der Waals surface area contributed by atoms with Gasteiger partial charge in [0.1, 0.15) is 11.3 Å². The van der Waals surface area contributed by atoms with Gasteiger partial charge < -0.3 is 4.42 Å². The number of fused-ring (bicyclic) bond motifs is 2. The van der Waals surface area contributed by atoms with Gasteiger partial charge in [0, 0.05) is 10.1 Å². The molecule has 0 fully saturated rings. The van der Waals surface area contributed by atoms with Crippen LogP contribution >= 0.6 is 43.6 Å². The maximum atomic E-state index is 6.01. The van der Waals surface area contributed by atoms with Crippen molar-refractivity contribution in [2.45, 2.75) is 0 Å². The molecule has 1 aromatic rings. The van der Waals surface area contributed by atoms with Crippen LogP contribution in [0.1, 0.15) is 0 Å². The van der Waals surface area contributed by atoms with Gasteiger partial charge in [-0.2, -0.15) is 0 Å². The van der Waals surface area contributed by atoms with Crippen molar-refractivity contribution in [3.8, 4) is 11.1 Å². The van der Waals surface area contributed by atoms with E-state index in [1.165, 1.54) is 0 Å². The molecule has 0 aromatic heterocycles. The summed E-state index contributed by atoms with van der Waals surface area (Å²) in [6, 6.07) is 9.17. The maximum absolute atomic E-state index is 6.01. The molecular formula is C12H5Cl2OPS. The SMILES string of the molecule is S=c1c(Cl)ccc2oc3ccc(Cl)cc3pc1-2. The average molecular weight is 299 g/mol. The highest BCUT2D eigenvalue weighted by atomic mass is 35.5. The third kappa shape index (κ3) is 1.96. The quantitative estimate of drug-likeness (QED) is 0.364. The number of benzene rings is 2. The van der Waals surface area contributed by atoms with Crippen molar-refractivity contribution in [2.75, 3.05) is 0 Å². The molecule has 0 unspecified atom stereocenters. The first-order chi connectivity index (χ1) is 8.15. The van der Waals surface area contributed by atoms with E-state index in [9.17, 15) is 0 Å². The minimum atomic E-state index is 0.584. The summed E-state index contributed by atoms with van der Waals surface area (Å²) in [7, 11) is 0.988. The third-order valence-corrected chi connectivity index (χ3v) is 4.92. The second-order valence-corrected chi connectivity index (χ2v) is 5.95. The number of halogens is 2. The lowest BCUT2D eigenvalue weighted by Gasteiger charge is -2.07. The maximum Gasteiger partial charge on any atom is 0.140 e. The summed E-state index contributed by atoms with van der Waals surface area (Å²) >= 11 is 17.3. The first-order valence-electron chi connectivity index (χ1n) is 4.84. The highest BCUT2D eigenvalue weighted by Crippen LogP contribution is 2.40.